The summed E-state index contributed by atoms with van der Waals surface area (Å²) in [6.07, 6.45) is 1.25. The average molecular weight is 277 g/mol. The predicted octanol–water partition coefficient (Wildman–Crippen LogP) is 1.92. The lowest BCUT2D eigenvalue weighted by Crippen LogP contribution is -2.22. The van der Waals surface area contributed by atoms with Gasteiger partial charge in [0.1, 0.15) is 0 Å². The molecule has 1 aromatic rings. The Balaban J connectivity index is 1.91. The Morgan fingerprint density at radius 1 is 1.40 bits per heavy atom. The van der Waals surface area contributed by atoms with Crippen LogP contribution < -0.4 is 5.32 Å². The molecule has 1 amide bonds. The van der Waals surface area contributed by atoms with E-state index in [1.165, 1.54) is 0 Å². The van der Waals surface area contributed by atoms with E-state index in [1.54, 1.807) is 19.1 Å². The second-order valence-electron chi connectivity index (χ2n) is 5.19. The molecule has 0 aliphatic carbocycles. The first-order valence-electron chi connectivity index (χ1n) is 6.76. The molecule has 20 heavy (non-hydrogen) atoms. The van der Waals surface area contributed by atoms with E-state index in [-0.39, 0.29) is 11.8 Å². The van der Waals surface area contributed by atoms with E-state index in [0.717, 1.165) is 17.7 Å². The summed E-state index contributed by atoms with van der Waals surface area (Å²) in [5, 5.41) is 11.7. The topological polar surface area (TPSA) is 75.6 Å². The van der Waals surface area contributed by atoms with Crippen molar-refractivity contribution in [1.82, 2.24) is 0 Å². The lowest BCUT2D eigenvalue weighted by Gasteiger charge is -2.10. The molecule has 1 heterocycles. The molecule has 0 radical (unpaired) electrons. The van der Waals surface area contributed by atoms with Gasteiger partial charge in [0, 0.05) is 12.3 Å². The highest BCUT2D eigenvalue weighted by molar-refractivity contribution is 5.92. The third-order valence-corrected chi connectivity index (χ3v) is 3.49. The van der Waals surface area contributed by atoms with Crippen LogP contribution >= 0.6 is 0 Å². The molecule has 1 aromatic carbocycles. The summed E-state index contributed by atoms with van der Waals surface area (Å²) in [7, 11) is 0. The molecular weight excluding hydrogens is 258 g/mol. The standard InChI is InChI=1S/C15H19NO4/c1-10(15(18)19)8-11-2-4-13(5-3-11)16-14(17)12-6-7-20-9-12/h2-5,10,12H,6-9H2,1H3,(H,16,17)(H,18,19)/t10-,12-/m1/s1. The number of benzene rings is 1. The highest BCUT2D eigenvalue weighted by atomic mass is 16.5. The summed E-state index contributed by atoms with van der Waals surface area (Å²) in [6, 6.07) is 7.30. The van der Waals surface area contributed by atoms with Crippen molar-refractivity contribution in [3.05, 3.63) is 29.8 Å². The maximum atomic E-state index is 11.9. The fourth-order valence-corrected chi connectivity index (χ4v) is 2.15. The molecule has 2 atom stereocenters. The van der Waals surface area contributed by atoms with Gasteiger partial charge in [0.2, 0.25) is 5.91 Å². The van der Waals surface area contributed by atoms with Gasteiger partial charge < -0.3 is 15.2 Å². The number of carbonyl (C=O) groups is 2. The second-order valence-corrected chi connectivity index (χ2v) is 5.19. The molecule has 1 aliphatic heterocycles. The van der Waals surface area contributed by atoms with E-state index in [4.69, 9.17) is 9.84 Å². The van der Waals surface area contributed by atoms with Crippen molar-refractivity contribution in [3.63, 3.8) is 0 Å². The van der Waals surface area contributed by atoms with Gasteiger partial charge in [0.15, 0.2) is 0 Å². The maximum Gasteiger partial charge on any atom is 0.306 e. The van der Waals surface area contributed by atoms with Crippen LogP contribution in [0.2, 0.25) is 0 Å². The van der Waals surface area contributed by atoms with Crippen LogP contribution in [0.3, 0.4) is 0 Å². The summed E-state index contributed by atoms with van der Waals surface area (Å²) in [5.74, 6) is -1.30. The fourth-order valence-electron chi connectivity index (χ4n) is 2.15. The zero-order valence-corrected chi connectivity index (χ0v) is 11.5. The zero-order chi connectivity index (χ0) is 14.5. The molecule has 1 fully saturated rings. The summed E-state index contributed by atoms with van der Waals surface area (Å²) in [4.78, 5) is 22.7. The molecule has 0 unspecified atom stereocenters. The van der Waals surface area contributed by atoms with Crippen LogP contribution in [0, 0.1) is 11.8 Å². The molecule has 0 spiro atoms. The molecule has 2 rings (SSSR count). The average Bonchev–Trinajstić information content (AvgIpc) is 2.95. The number of ether oxygens (including phenoxy) is 1. The van der Waals surface area contributed by atoms with Gasteiger partial charge in [0.05, 0.1) is 18.4 Å². The molecule has 0 aromatic heterocycles. The van der Waals surface area contributed by atoms with E-state index in [0.29, 0.717) is 19.6 Å². The summed E-state index contributed by atoms with van der Waals surface area (Å²) in [6.45, 7) is 2.81. The van der Waals surface area contributed by atoms with Crippen LogP contribution in [0.4, 0.5) is 5.69 Å². The number of carboxylic acid groups (broad SMARTS) is 1. The molecule has 108 valence electrons. The molecule has 1 saturated heterocycles. The Morgan fingerprint density at radius 3 is 2.65 bits per heavy atom. The second kappa shape index (κ2) is 6.52. The Morgan fingerprint density at radius 2 is 2.10 bits per heavy atom. The van der Waals surface area contributed by atoms with Gasteiger partial charge in [-0.3, -0.25) is 9.59 Å². The highest BCUT2D eigenvalue weighted by Gasteiger charge is 2.23. The number of aliphatic carboxylic acids is 1. The third-order valence-electron chi connectivity index (χ3n) is 3.49. The van der Waals surface area contributed by atoms with Crippen molar-refractivity contribution in [1.29, 1.82) is 0 Å². The Bertz CT molecular complexity index is 477. The minimum absolute atomic E-state index is 0.0193. The van der Waals surface area contributed by atoms with Crippen molar-refractivity contribution in [2.75, 3.05) is 18.5 Å². The summed E-state index contributed by atoms with van der Waals surface area (Å²) < 4.78 is 5.18. The number of anilines is 1. The van der Waals surface area contributed by atoms with E-state index in [9.17, 15) is 9.59 Å². The van der Waals surface area contributed by atoms with Gasteiger partial charge in [-0.25, -0.2) is 0 Å². The van der Waals surface area contributed by atoms with Crippen LogP contribution in [0.1, 0.15) is 18.9 Å². The van der Waals surface area contributed by atoms with Gasteiger partial charge in [0.25, 0.3) is 0 Å². The lowest BCUT2D eigenvalue weighted by atomic mass is 10.0. The first-order chi connectivity index (χ1) is 9.56. The Labute approximate surface area is 117 Å². The van der Waals surface area contributed by atoms with Gasteiger partial charge in [-0.1, -0.05) is 19.1 Å². The van der Waals surface area contributed by atoms with Crippen molar-refractivity contribution in [2.45, 2.75) is 19.8 Å². The van der Waals surface area contributed by atoms with Gasteiger partial charge in [-0.05, 0) is 30.5 Å². The molecule has 1 aliphatic rings. The van der Waals surface area contributed by atoms with Gasteiger partial charge >= 0.3 is 5.97 Å². The number of hydrogen-bond donors (Lipinski definition) is 2. The first kappa shape index (κ1) is 14.5. The molecule has 5 nitrogen and oxygen atoms in total. The number of nitrogens with one attached hydrogen (secondary N) is 1. The number of rotatable bonds is 5. The smallest absolute Gasteiger partial charge is 0.306 e. The van der Waals surface area contributed by atoms with Crippen molar-refractivity contribution in [2.24, 2.45) is 11.8 Å². The summed E-state index contributed by atoms with van der Waals surface area (Å²) in [5.41, 5.74) is 1.68. The quantitative estimate of drug-likeness (QED) is 0.862. The van der Waals surface area contributed by atoms with E-state index >= 15 is 0 Å². The minimum atomic E-state index is -0.802. The van der Waals surface area contributed by atoms with Crippen LogP contribution in [-0.2, 0) is 20.7 Å². The van der Waals surface area contributed by atoms with Gasteiger partial charge in [-0.2, -0.15) is 0 Å². The van der Waals surface area contributed by atoms with E-state index in [2.05, 4.69) is 5.32 Å². The molecule has 0 bridgehead atoms. The van der Waals surface area contributed by atoms with Crippen LogP contribution in [0.15, 0.2) is 24.3 Å². The van der Waals surface area contributed by atoms with Crippen LogP contribution in [0.5, 0.6) is 0 Å². The SMILES string of the molecule is C[C@H](Cc1ccc(NC(=O)[C@@H]2CCOC2)cc1)C(=O)O. The largest absolute Gasteiger partial charge is 0.481 e. The Kier molecular flexibility index (Phi) is 4.74. The molecule has 0 saturated carbocycles. The zero-order valence-electron chi connectivity index (χ0n) is 11.5. The van der Waals surface area contributed by atoms with Crippen molar-refractivity contribution >= 4 is 17.6 Å². The number of carboxylic acids is 1. The van der Waals surface area contributed by atoms with E-state index < -0.39 is 11.9 Å². The lowest BCUT2D eigenvalue weighted by molar-refractivity contribution is -0.141. The summed E-state index contributed by atoms with van der Waals surface area (Å²) >= 11 is 0. The highest BCUT2D eigenvalue weighted by Crippen LogP contribution is 2.17. The van der Waals surface area contributed by atoms with Crippen molar-refractivity contribution < 1.29 is 19.4 Å². The number of carbonyl (C=O) groups excluding carboxylic acids is 1. The monoisotopic (exact) mass is 277 g/mol. The van der Waals surface area contributed by atoms with E-state index in [1.807, 2.05) is 12.1 Å². The Hall–Kier alpha value is -1.88. The van der Waals surface area contributed by atoms with Crippen LogP contribution in [0.25, 0.3) is 0 Å². The molecular formula is C15H19NO4. The number of hydrogen-bond acceptors (Lipinski definition) is 3. The third kappa shape index (κ3) is 3.81. The molecule has 5 heteroatoms. The fraction of sp³-hybridized carbons (Fsp3) is 0.467. The minimum Gasteiger partial charge on any atom is -0.481 e. The van der Waals surface area contributed by atoms with Crippen LogP contribution in [-0.4, -0.2) is 30.2 Å². The van der Waals surface area contributed by atoms with Gasteiger partial charge in [-0.15, -0.1) is 0 Å². The predicted molar refractivity (Wildman–Crippen MR) is 74.5 cm³/mol. The maximum absolute atomic E-state index is 11.9. The van der Waals surface area contributed by atoms with Crippen molar-refractivity contribution in [3.8, 4) is 0 Å². The first-order valence-corrected chi connectivity index (χ1v) is 6.76. The normalized spacial score (nSPS) is 19.6. The number of amides is 1. The molecule has 2 N–H and O–H groups in total.